The van der Waals surface area contributed by atoms with Crippen molar-refractivity contribution in [2.24, 2.45) is 5.10 Å². The monoisotopic (exact) mass is 345 g/mol. The highest BCUT2D eigenvalue weighted by atomic mass is 16.5. The summed E-state index contributed by atoms with van der Waals surface area (Å²) < 4.78 is 5.78. The van der Waals surface area contributed by atoms with Gasteiger partial charge in [0.2, 0.25) is 0 Å². The first-order valence-corrected chi connectivity index (χ1v) is 8.17. The quantitative estimate of drug-likeness (QED) is 0.407. The second kappa shape index (κ2) is 8.48. The lowest BCUT2D eigenvalue weighted by atomic mass is 10.1. The number of hydrogen-bond acceptors (Lipinski definition) is 4. The number of hydrogen-bond donors (Lipinski definition) is 2. The van der Waals surface area contributed by atoms with Crippen LogP contribution in [0.2, 0.25) is 0 Å². The van der Waals surface area contributed by atoms with Crippen LogP contribution < -0.4 is 15.9 Å². The van der Waals surface area contributed by atoms with Crippen LogP contribution in [0.15, 0.2) is 84.0 Å². The molecule has 3 aromatic rings. The van der Waals surface area contributed by atoms with Gasteiger partial charge in [-0.25, -0.2) is 5.43 Å². The second-order valence-electron chi connectivity index (χ2n) is 5.62. The Hall–Kier alpha value is -3.60. The SMILES string of the molecule is Nc1ccc(C(=O)N/N=C\c2ccccc2COc2ccccc2)cc1. The number of rotatable bonds is 6. The van der Waals surface area contributed by atoms with Crippen LogP contribution in [0.4, 0.5) is 5.69 Å². The number of nitrogens with two attached hydrogens (primary N) is 1. The van der Waals surface area contributed by atoms with E-state index in [0.717, 1.165) is 16.9 Å². The van der Waals surface area contributed by atoms with Gasteiger partial charge in [-0.1, -0.05) is 42.5 Å². The molecule has 0 unspecified atom stereocenters. The lowest BCUT2D eigenvalue weighted by Crippen LogP contribution is -2.17. The van der Waals surface area contributed by atoms with Crippen LogP contribution in [-0.2, 0) is 6.61 Å². The normalized spacial score (nSPS) is 10.6. The van der Waals surface area contributed by atoms with Crippen molar-refractivity contribution in [3.8, 4) is 5.75 Å². The zero-order chi connectivity index (χ0) is 18.2. The third-order valence-corrected chi connectivity index (χ3v) is 3.74. The molecule has 130 valence electrons. The molecule has 0 saturated carbocycles. The van der Waals surface area contributed by atoms with Crippen LogP contribution in [0.25, 0.3) is 0 Å². The van der Waals surface area contributed by atoms with Gasteiger partial charge in [-0.15, -0.1) is 0 Å². The number of nitrogens with zero attached hydrogens (tertiary/aromatic N) is 1. The van der Waals surface area contributed by atoms with E-state index in [1.807, 2.05) is 54.6 Å². The molecule has 0 aromatic heterocycles. The van der Waals surface area contributed by atoms with Crippen LogP contribution >= 0.6 is 0 Å². The molecule has 0 heterocycles. The fourth-order valence-electron chi connectivity index (χ4n) is 2.33. The Labute approximate surface area is 152 Å². The summed E-state index contributed by atoms with van der Waals surface area (Å²) in [4.78, 5) is 12.1. The summed E-state index contributed by atoms with van der Waals surface area (Å²) in [5.41, 5.74) is 11.1. The summed E-state index contributed by atoms with van der Waals surface area (Å²) in [6, 6.07) is 24.0. The molecule has 26 heavy (non-hydrogen) atoms. The van der Waals surface area contributed by atoms with E-state index in [0.29, 0.717) is 17.9 Å². The van der Waals surface area contributed by atoms with Gasteiger partial charge in [-0.3, -0.25) is 4.79 Å². The zero-order valence-electron chi connectivity index (χ0n) is 14.1. The third kappa shape index (κ3) is 4.70. The van der Waals surface area contributed by atoms with E-state index in [-0.39, 0.29) is 5.91 Å². The molecule has 0 aliphatic heterocycles. The Balaban J connectivity index is 1.63. The largest absolute Gasteiger partial charge is 0.489 e. The molecule has 0 aliphatic carbocycles. The first-order chi connectivity index (χ1) is 12.7. The maximum absolute atomic E-state index is 12.1. The van der Waals surface area contributed by atoms with Gasteiger partial charge in [0.1, 0.15) is 12.4 Å². The summed E-state index contributed by atoms with van der Waals surface area (Å²) in [5, 5.41) is 4.04. The first-order valence-electron chi connectivity index (χ1n) is 8.17. The Bertz CT molecular complexity index is 891. The number of para-hydroxylation sites is 1. The maximum Gasteiger partial charge on any atom is 0.271 e. The number of benzene rings is 3. The van der Waals surface area contributed by atoms with Crippen molar-refractivity contribution >= 4 is 17.8 Å². The van der Waals surface area contributed by atoms with E-state index in [4.69, 9.17) is 10.5 Å². The number of hydrazone groups is 1. The number of nitrogens with one attached hydrogen (secondary N) is 1. The summed E-state index contributed by atoms with van der Waals surface area (Å²) in [6.07, 6.45) is 1.61. The first kappa shape index (κ1) is 17.2. The molecule has 3 N–H and O–H groups in total. The summed E-state index contributed by atoms with van der Waals surface area (Å²) in [5.74, 6) is 0.509. The summed E-state index contributed by atoms with van der Waals surface area (Å²) >= 11 is 0. The van der Waals surface area contributed by atoms with E-state index in [2.05, 4.69) is 10.5 Å². The molecular formula is C21H19N3O2. The fraction of sp³-hybridized carbons (Fsp3) is 0.0476. The topological polar surface area (TPSA) is 76.7 Å². The molecule has 5 nitrogen and oxygen atoms in total. The zero-order valence-corrected chi connectivity index (χ0v) is 14.1. The van der Waals surface area contributed by atoms with Gasteiger partial charge in [-0.05, 0) is 42.0 Å². The molecule has 1 amide bonds. The fourth-order valence-corrected chi connectivity index (χ4v) is 2.33. The lowest BCUT2D eigenvalue weighted by molar-refractivity contribution is 0.0955. The smallest absolute Gasteiger partial charge is 0.271 e. The Morgan fingerprint density at radius 3 is 2.42 bits per heavy atom. The number of carbonyl (C=O) groups is 1. The van der Waals surface area contributed by atoms with Gasteiger partial charge in [0.25, 0.3) is 5.91 Å². The van der Waals surface area contributed by atoms with Gasteiger partial charge in [0.05, 0.1) is 6.21 Å². The highest BCUT2D eigenvalue weighted by molar-refractivity contribution is 5.95. The van der Waals surface area contributed by atoms with Gasteiger partial charge >= 0.3 is 0 Å². The van der Waals surface area contributed by atoms with E-state index >= 15 is 0 Å². The van der Waals surface area contributed by atoms with Crippen molar-refractivity contribution in [1.82, 2.24) is 5.43 Å². The minimum absolute atomic E-state index is 0.292. The van der Waals surface area contributed by atoms with Crippen LogP contribution in [-0.4, -0.2) is 12.1 Å². The molecule has 0 fully saturated rings. The standard InChI is InChI=1S/C21H19N3O2/c22-19-12-10-16(11-13-19)21(25)24-23-14-17-6-4-5-7-18(17)15-26-20-8-2-1-3-9-20/h1-14H,15,22H2,(H,24,25)/b23-14-. The van der Waals surface area contributed by atoms with Crippen LogP contribution in [0.1, 0.15) is 21.5 Å². The van der Waals surface area contributed by atoms with Crippen molar-refractivity contribution in [1.29, 1.82) is 0 Å². The number of amides is 1. The maximum atomic E-state index is 12.1. The van der Waals surface area contributed by atoms with E-state index < -0.39 is 0 Å². The molecule has 0 saturated heterocycles. The minimum atomic E-state index is -0.292. The molecule has 5 heteroatoms. The van der Waals surface area contributed by atoms with Crippen molar-refractivity contribution in [2.75, 3.05) is 5.73 Å². The Kier molecular flexibility index (Phi) is 5.62. The molecule has 3 rings (SSSR count). The van der Waals surface area contributed by atoms with Crippen molar-refractivity contribution < 1.29 is 9.53 Å². The number of carbonyl (C=O) groups excluding carboxylic acids is 1. The summed E-state index contributed by atoms with van der Waals surface area (Å²) in [6.45, 7) is 0.415. The highest BCUT2D eigenvalue weighted by Gasteiger charge is 2.04. The number of anilines is 1. The number of ether oxygens (including phenoxy) is 1. The van der Waals surface area contributed by atoms with Gasteiger partial charge in [-0.2, -0.15) is 5.10 Å². The van der Waals surface area contributed by atoms with E-state index in [1.165, 1.54) is 0 Å². The highest BCUT2D eigenvalue weighted by Crippen LogP contribution is 2.13. The molecule has 3 aromatic carbocycles. The molecule has 0 aliphatic rings. The van der Waals surface area contributed by atoms with Gasteiger partial charge < -0.3 is 10.5 Å². The van der Waals surface area contributed by atoms with Crippen molar-refractivity contribution in [3.05, 3.63) is 95.6 Å². The second-order valence-corrected chi connectivity index (χ2v) is 5.62. The molecule has 0 radical (unpaired) electrons. The van der Waals surface area contributed by atoms with Crippen molar-refractivity contribution in [3.63, 3.8) is 0 Å². The van der Waals surface area contributed by atoms with Gasteiger partial charge in [0, 0.05) is 16.8 Å². The minimum Gasteiger partial charge on any atom is -0.489 e. The van der Waals surface area contributed by atoms with Gasteiger partial charge in [0.15, 0.2) is 0 Å². The van der Waals surface area contributed by atoms with Crippen LogP contribution in [0.3, 0.4) is 0 Å². The van der Waals surface area contributed by atoms with Crippen LogP contribution in [0, 0.1) is 0 Å². The average molecular weight is 345 g/mol. The predicted molar refractivity (Wildman–Crippen MR) is 103 cm³/mol. The average Bonchev–Trinajstić information content (AvgIpc) is 2.68. The van der Waals surface area contributed by atoms with E-state index in [1.54, 1.807) is 30.5 Å². The Morgan fingerprint density at radius 1 is 0.962 bits per heavy atom. The molecule has 0 spiro atoms. The van der Waals surface area contributed by atoms with Crippen LogP contribution in [0.5, 0.6) is 5.75 Å². The predicted octanol–water partition coefficient (Wildman–Crippen LogP) is 3.61. The molecular weight excluding hydrogens is 326 g/mol. The molecule has 0 bridgehead atoms. The van der Waals surface area contributed by atoms with Crippen molar-refractivity contribution in [2.45, 2.75) is 6.61 Å². The van der Waals surface area contributed by atoms with E-state index in [9.17, 15) is 4.79 Å². The summed E-state index contributed by atoms with van der Waals surface area (Å²) in [7, 11) is 0. The lowest BCUT2D eigenvalue weighted by Gasteiger charge is -2.08. The molecule has 0 atom stereocenters. The number of nitrogen functional groups attached to an aromatic ring is 1. The third-order valence-electron chi connectivity index (χ3n) is 3.74. The Morgan fingerprint density at radius 2 is 1.65 bits per heavy atom.